The van der Waals surface area contributed by atoms with Crippen molar-refractivity contribution < 1.29 is 23.8 Å². The molecule has 9 heteroatoms. The van der Waals surface area contributed by atoms with Gasteiger partial charge in [0, 0.05) is 17.0 Å². The van der Waals surface area contributed by atoms with Crippen LogP contribution in [0.5, 0.6) is 11.5 Å². The number of anilines is 1. The van der Waals surface area contributed by atoms with Gasteiger partial charge in [-0.15, -0.1) is 0 Å². The first-order chi connectivity index (χ1) is 15.0. The summed E-state index contributed by atoms with van der Waals surface area (Å²) >= 11 is 9.32. The van der Waals surface area contributed by atoms with Crippen molar-refractivity contribution in [2.24, 2.45) is 0 Å². The third kappa shape index (κ3) is 5.34. The molecule has 1 N–H and O–H groups in total. The number of carbonyl (C=O) groups is 2. The zero-order valence-corrected chi connectivity index (χ0v) is 18.3. The Morgan fingerprint density at radius 1 is 1.10 bits per heavy atom. The lowest BCUT2D eigenvalue weighted by atomic mass is 9.92. The summed E-state index contributed by atoms with van der Waals surface area (Å²) in [5.74, 6) is -0.283. The number of halogens is 2. The predicted molar refractivity (Wildman–Crippen MR) is 117 cm³/mol. The zero-order chi connectivity index (χ0) is 21.8. The maximum Gasteiger partial charge on any atom is 0.420 e. The van der Waals surface area contributed by atoms with Crippen molar-refractivity contribution in [1.82, 2.24) is 4.98 Å². The molecule has 1 aliphatic rings. The van der Waals surface area contributed by atoms with Gasteiger partial charge in [-0.25, -0.2) is 9.78 Å². The third-order valence-electron chi connectivity index (χ3n) is 4.47. The van der Waals surface area contributed by atoms with E-state index < -0.39 is 24.3 Å². The Balaban J connectivity index is 1.51. The van der Waals surface area contributed by atoms with Crippen LogP contribution in [0.4, 0.5) is 10.6 Å². The van der Waals surface area contributed by atoms with Gasteiger partial charge in [-0.3, -0.25) is 10.1 Å². The van der Waals surface area contributed by atoms with Crippen LogP contribution in [0.15, 0.2) is 71.3 Å². The molecule has 0 bridgehead atoms. The molecule has 1 aromatic heterocycles. The molecule has 2 atom stereocenters. The summed E-state index contributed by atoms with van der Waals surface area (Å²) in [6.45, 7) is 0. The van der Waals surface area contributed by atoms with E-state index >= 15 is 0 Å². The number of ether oxygens (including phenoxy) is 3. The van der Waals surface area contributed by atoms with Gasteiger partial charge in [0.25, 0.3) is 0 Å². The number of carbonyl (C=O) groups excluding carboxylic acids is 2. The molecule has 0 fully saturated rings. The molecule has 2 unspecified atom stereocenters. The monoisotopic (exact) mass is 502 g/mol. The summed E-state index contributed by atoms with van der Waals surface area (Å²) in [6, 6.07) is 19.0. The van der Waals surface area contributed by atoms with Crippen molar-refractivity contribution in [3.63, 3.8) is 0 Å². The van der Waals surface area contributed by atoms with Crippen LogP contribution >= 0.6 is 27.5 Å². The first-order valence-electron chi connectivity index (χ1n) is 9.31. The SMILES string of the molecule is O=C(Nc1cccc(Br)n1)OC(=O)C1CC(Oc2ccccc2)Oc2ccc(Cl)cc21. The van der Waals surface area contributed by atoms with E-state index in [4.69, 9.17) is 25.8 Å². The maximum absolute atomic E-state index is 12.9. The predicted octanol–water partition coefficient (Wildman–Crippen LogP) is 5.54. The van der Waals surface area contributed by atoms with Crippen LogP contribution in [-0.4, -0.2) is 23.3 Å². The van der Waals surface area contributed by atoms with Gasteiger partial charge in [0.15, 0.2) is 0 Å². The number of fused-ring (bicyclic) bond motifs is 1. The van der Waals surface area contributed by atoms with Crippen molar-refractivity contribution in [2.45, 2.75) is 18.6 Å². The van der Waals surface area contributed by atoms with Crippen LogP contribution < -0.4 is 14.8 Å². The van der Waals surface area contributed by atoms with Crippen LogP contribution in [0.2, 0.25) is 5.02 Å². The number of aromatic nitrogens is 1. The van der Waals surface area contributed by atoms with E-state index in [2.05, 4.69) is 26.2 Å². The Morgan fingerprint density at radius 2 is 1.90 bits per heavy atom. The first kappa shape index (κ1) is 21.1. The number of nitrogens with zero attached hydrogens (tertiary/aromatic N) is 1. The molecule has 0 radical (unpaired) electrons. The Hall–Kier alpha value is -3.10. The molecule has 4 rings (SSSR count). The molecule has 0 spiro atoms. The molecule has 1 amide bonds. The highest BCUT2D eigenvalue weighted by molar-refractivity contribution is 9.10. The number of esters is 1. The van der Waals surface area contributed by atoms with Crippen molar-refractivity contribution in [1.29, 1.82) is 0 Å². The van der Waals surface area contributed by atoms with E-state index in [0.717, 1.165) is 0 Å². The van der Waals surface area contributed by atoms with Crippen LogP contribution in [0.25, 0.3) is 0 Å². The molecule has 158 valence electrons. The lowest BCUT2D eigenvalue weighted by Crippen LogP contribution is -2.35. The Kier molecular flexibility index (Phi) is 6.39. The molecule has 31 heavy (non-hydrogen) atoms. The van der Waals surface area contributed by atoms with Crippen molar-refractivity contribution in [3.8, 4) is 11.5 Å². The van der Waals surface area contributed by atoms with Gasteiger partial charge in [-0.05, 0) is 58.4 Å². The second-order valence-electron chi connectivity index (χ2n) is 6.63. The molecular formula is C22H16BrClN2O5. The number of hydrogen-bond acceptors (Lipinski definition) is 6. The van der Waals surface area contributed by atoms with Crippen molar-refractivity contribution >= 4 is 45.4 Å². The van der Waals surface area contributed by atoms with Gasteiger partial charge in [0.05, 0.1) is 5.92 Å². The minimum atomic E-state index is -0.939. The van der Waals surface area contributed by atoms with E-state index in [0.29, 0.717) is 26.7 Å². The van der Waals surface area contributed by atoms with E-state index in [9.17, 15) is 9.59 Å². The molecule has 7 nitrogen and oxygen atoms in total. The van der Waals surface area contributed by atoms with E-state index in [1.54, 1.807) is 48.5 Å². The molecular weight excluding hydrogens is 488 g/mol. The van der Waals surface area contributed by atoms with Crippen LogP contribution in [0, 0.1) is 0 Å². The molecule has 0 saturated heterocycles. The summed E-state index contributed by atoms with van der Waals surface area (Å²) in [4.78, 5) is 29.2. The van der Waals surface area contributed by atoms with E-state index in [-0.39, 0.29) is 12.2 Å². The topological polar surface area (TPSA) is 86.8 Å². The van der Waals surface area contributed by atoms with Crippen LogP contribution in [0.3, 0.4) is 0 Å². The normalized spacial score (nSPS) is 17.1. The number of para-hydroxylation sites is 1. The molecule has 2 aromatic carbocycles. The average Bonchev–Trinajstić information content (AvgIpc) is 2.74. The average molecular weight is 504 g/mol. The summed E-state index contributed by atoms with van der Waals surface area (Å²) in [5.41, 5.74) is 0.527. The molecule has 0 saturated carbocycles. The first-order valence-corrected chi connectivity index (χ1v) is 10.5. The van der Waals surface area contributed by atoms with Crippen molar-refractivity contribution in [3.05, 3.63) is 81.9 Å². The fraction of sp³-hybridized carbons (Fsp3) is 0.136. The number of amides is 1. The zero-order valence-electron chi connectivity index (χ0n) is 16.0. The van der Waals surface area contributed by atoms with Gasteiger partial charge in [-0.1, -0.05) is 35.9 Å². The summed E-state index contributed by atoms with van der Waals surface area (Å²) in [5, 5.41) is 2.86. The minimum absolute atomic E-state index is 0.142. The second-order valence-corrected chi connectivity index (χ2v) is 7.88. The fourth-order valence-electron chi connectivity index (χ4n) is 3.12. The fourth-order valence-corrected chi connectivity index (χ4v) is 3.65. The molecule has 2 heterocycles. The molecule has 0 aliphatic carbocycles. The highest BCUT2D eigenvalue weighted by Crippen LogP contribution is 2.39. The quantitative estimate of drug-likeness (QED) is 0.286. The second kappa shape index (κ2) is 9.36. The van der Waals surface area contributed by atoms with Crippen LogP contribution in [0.1, 0.15) is 17.9 Å². The van der Waals surface area contributed by atoms with Gasteiger partial charge in [0.2, 0.25) is 6.29 Å². The van der Waals surface area contributed by atoms with Gasteiger partial charge in [0.1, 0.15) is 21.9 Å². The lowest BCUT2D eigenvalue weighted by Gasteiger charge is -2.31. The standard InChI is InChI=1S/C22H16BrClN2O5/c23-18-7-4-8-19(25-18)26-22(28)31-21(27)16-12-20(29-14-5-2-1-3-6-14)30-17-10-9-13(24)11-15(16)17/h1-11,16,20H,12H2,(H,25,26,28). The van der Waals surface area contributed by atoms with E-state index in [1.807, 2.05) is 18.2 Å². The van der Waals surface area contributed by atoms with Gasteiger partial charge in [-0.2, -0.15) is 0 Å². The summed E-state index contributed by atoms with van der Waals surface area (Å²) in [7, 11) is 0. The van der Waals surface area contributed by atoms with Gasteiger partial charge < -0.3 is 14.2 Å². The largest absolute Gasteiger partial charge is 0.455 e. The summed E-state index contributed by atoms with van der Waals surface area (Å²) in [6.07, 6.45) is -1.54. The number of hydrogen-bond donors (Lipinski definition) is 1. The molecule has 1 aliphatic heterocycles. The summed E-state index contributed by atoms with van der Waals surface area (Å²) < 4.78 is 17.3. The lowest BCUT2D eigenvalue weighted by molar-refractivity contribution is -0.141. The highest BCUT2D eigenvalue weighted by atomic mass is 79.9. The number of benzene rings is 2. The Labute approximate surface area is 191 Å². The Bertz CT molecular complexity index is 1110. The minimum Gasteiger partial charge on any atom is -0.455 e. The smallest absolute Gasteiger partial charge is 0.420 e. The van der Waals surface area contributed by atoms with Crippen LogP contribution in [-0.2, 0) is 9.53 Å². The highest BCUT2D eigenvalue weighted by Gasteiger charge is 2.36. The van der Waals surface area contributed by atoms with E-state index in [1.165, 1.54) is 0 Å². The Morgan fingerprint density at radius 3 is 2.68 bits per heavy atom. The molecule has 3 aromatic rings. The number of nitrogens with one attached hydrogen (secondary N) is 1. The van der Waals surface area contributed by atoms with Gasteiger partial charge >= 0.3 is 12.1 Å². The number of rotatable bonds is 4. The third-order valence-corrected chi connectivity index (χ3v) is 5.14. The maximum atomic E-state index is 12.9. The number of pyridine rings is 1. The van der Waals surface area contributed by atoms with Crippen molar-refractivity contribution in [2.75, 3.05) is 5.32 Å².